The largest absolute Gasteiger partial charge is 0.444 e. The van der Waals surface area contributed by atoms with Crippen LogP contribution in [0, 0.1) is 5.92 Å². The van der Waals surface area contributed by atoms with Crippen LogP contribution < -0.4 is 5.32 Å². The van der Waals surface area contributed by atoms with Crippen molar-refractivity contribution in [1.82, 2.24) is 15.1 Å². The van der Waals surface area contributed by atoms with Crippen LogP contribution in [0.1, 0.15) is 49.5 Å². The fourth-order valence-electron chi connectivity index (χ4n) is 4.11. The molecular formula is C28H37N3O5. The van der Waals surface area contributed by atoms with Crippen LogP contribution in [0.5, 0.6) is 0 Å². The van der Waals surface area contributed by atoms with Crippen molar-refractivity contribution in [1.29, 1.82) is 0 Å². The molecule has 8 heteroatoms. The monoisotopic (exact) mass is 495 g/mol. The number of aliphatic hydroxyl groups excluding tert-OH is 1. The number of carbonyl (C=O) groups excluding carboxylic acids is 3. The molecule has 1 aliphatic rings. The number of nitrogens with zero attached hydrogens (tertiary/aromatic N) is 2. The van der Waals surface area contributed by atoms with Crippen LogP contribution in [0.3, 0.4) is 0 Å². The molecule has 0 atom stereocenters. The summed E-state index contributed by atoms with van der Waals surface area (Å²) in [4.78, 5) is 40.5. The smallest absolute Gasteiger partial charge is 0.408 e. The summed E-state index contributed by atoms with van der Waals surface area (Å²) in [6, 6.07) is 15.5. The molecule has 1 fully saturated rings. The van der Waals surface area contributed by atoms with Gasteiger partial charge in [-0.1, -0.05) is 30.3 Å². The van der Waals surface area contributed by atoms with Gasteiger partial charge in [-0.05, 0) is 74.4 Å². The van der Waals surface area contributed by atoms with E-state index in [1.807, 2.05) is 53.4 Å². The summed E-state index contributed by atoms with van der Waals surface area (Å²) in [5, 5.41) is 11.8. The molecule has 2 N–H and O–H groups in total. The Balaban J connectivity index is 1.57. The van der Waals surface area contributed by atoms with Gasteiger partial charge in [-0.25, -0.2) is 4.79 Å². The number of piperidine rings is 1. The summed E-state index contributed by atoms with van der Waals surface area (Å²) in [5.74, 6) is 0.0863. The summed E-state index contributed by atoms with van der Waals surface area (Å²) in [7, 11) is 1.69. The van der Waals surface area contributed by atoms with Gasteiger partial charge >= 0.3 is 6.09 Å². The molecule has 0 unspecified atom stereocenters. The van der Waals surface area contributed by atoms with E-state index in [-0.39, 0.29) is 25.0 Å². The Bertz CT molecular complexity index is 1050. The second-order valence-corrected chi connectivity index (χ2v) is 10.3. The maximum Gasteiger partial charge on any atom is 0.408 e. The average Bonchev–Trinajstić information content (AvgIpc) is 2.86. The third-order valence-corrected chi connectivity index (χ3v) is 6.18. The third-order valence-electron chi connectivity index (χ3n) is 6.18. The van der Waals surface area contributed by atoms with Gasteiger partial charge in [0.25, 0.3) is 5.91 Å². The van der Waals surface area contributed by atoms with Gasteiger partial charge in [0.2, 0.25) is 5.91 Å². The number of likely N-dealkylation sites (tertiary alicyclic amines) is 1. The van der Waals surface area contributed by atoms with Crippen molar-refractivity contribution in [3.05, 3.63) is 59.7 Å². The van der Waals surface area contributed by atoms with E-state index in [9.17, 15) is 19.5 Å². The van der Waals surface area contributed by atoms with Gasteiger partial charge in [0.15, 0.2) is 0 Å². The zero-order valence-corrected chi connectivity index (χ0v) is 21.6. The first-order valence-electron chi connectivity index (χ1n) is 12.4. The lowest BCUT2D eigenvalue weighted by Gasteiger charge is -2.31. The number of nitrogens with one attached hydrogen (secondary N) is 1. The first-order chi connectivity index (χ1) is 17.1. The minimum atomic E-state index is -0.623. The first-order valence-corrected chi connectivity index (χ1v) is 12.4. The zero-order valence-electron chi connectivity index (χ0n) is 21.6. The molecule has 1 heterocycles. The topological polar surface area (TPSA) is 99.2 Å². The van der Waals surface area contributed by atoms with Gasteiger partial charge in [-0.15, -0.1) is 0 Å². The standard InChI is InChI=1S/C28H37N3O5/c1-28(2,3)36-27(35)29-17-25(33)30(4)18-21-6-5-7-24(16-21)22-8-10-23(11-9-22)26(34)31-14-12-20(19-32)13-15-31/h5-11,16,20,32H,12-15,17-19H2,1-4H3,(H,29,35). The van der Waals surface area contributed by atoms with Gasteiger partial charge in [0.05, 0.1) is 0 Å². The van der Waals surface area contributed by atoms with E-state index in [0.29, 0.717) is 31.1 Å². The van der Waals surface area contributed by atoms with Crippen molar-refractivity contribution < 1.29 is 24.2 Å². The number of benzene rings is 2. The van der Waals surface area contributed by atoms with E-state index in [4.69, 9.17) is 4.74 Å². The molecule has 1 saturated heterocycles. The highest BCUT2D eigenvalue weighted by atomic mass is 16.6. The summed E-state index contributed by atoms with van der Waals surface area (Å²) < 4.78 is 5.16. The zero-order chi connectivity index (χ0) is 26.3. The summed E-state index contributed by atoms with van der Waals surface area (Å²) in [6.45, 7) is 7.08. The summed E-state index contributed by atoms with van der Waals surface area (Å²) in [5.41, 5.74) is 2.95. The van der Waals surface area contributed by atoms with E-state index < -0.39 is 11.7 Å². The van der Waals surface area contributed by atoms with Gasteiger partial charge < -0.3 is 25.0 Å². The van der Waals surface area contributed by atoms with Crippen LogP contribution in [0.15, 0.2) is 48.5 Å². The number of amides is 3. The Morgan fingerprint density at radius 3 is 2.33 bits per heavy atom. The van der Waals surface area contributed by atoms with Crippen molar-refractivity contribution in [2.75, 3.05) is 33.3 Å². The van der Waals surface area contributed by atoms with Crippen molar-refractivity contribution >= 4 is 17.9 Å². The van der Waals surface area contributed by atoms with E-state index in [1.165, 1.54) is 0 Å². The van der Waals surface area contributed by atoms with Crippen LogP contribution in [0.4, 0.5) is 4.79 Å². The molecule has 8 nitrogen and oxygen atoms in total. The average molecular weight is 496 g/mol. The SMILES string of the molecule is CN(Cc1cccc(-c2ccc(C(=O)N3CCC(CO)CC3)cc2)c1)C(=O)CNC(=O)OC(C)(C)C. The lowest BCUT2D eigenvalue weighted by molar-refractivity contribution is -0.129. The molecular weight excluding hydrogens is 458 g/mol. The van der Waals surface area contributed by atoms with E-state index in [2.05, 4.69) is 5.32 Å². The van der Waals surface area contributed by atoms with Crippen LogP contribution in [-0.2, 0) is 16.1 Å². The van der Waals surface area contributed by atoms with Crippen molar-refractivity contribution in [3.8, 4) is 11.1 Å². The van der Waals surface area contributed by atoms with Gasteiger partial charge in [0.1, 0.15) is 12.1 Å². The molecule has 3 rings (SSSR count). The highest BCUT2D eigenvalue weighted by Gasteiger charge is 2.23. The normalized spacial score (nSPS) is 14.3. The van der Waals surface area contributed by atoms with Gasteiger partial charge in [-0.2, -0.15) is 0 Å². The Kier molecular flexibility index (Phi) is 9.09. The van der Waals surface area contributed by atoms with E-state index in [0.717, 1.165) is 29.5 Å². The fourth-order valence-corrected chi connectivity index (χ4v) is 4.11. The van der Waals surface area contributed by atoms with Crippen LogP contribution in [0.25, 0.3) is 11.1 Å². The molecule has 2 aromatic rings. The number of likely N-dealkylation sites (N-methyl/N-ethyl adjacent to an activating group) is 1. The molecule has 0 spiro atoms. The lowest BCUT2D eigenvalue weighted by atomic mass is 9.97. The van der Waals surface area contributed by atoms with E-state index >= 15 is 0 Å². The molecule has 0 aliphatic carbocycles. The van der Waals surface area contributed by atoms with Crippen LogP contribution in [-0.4, -0.2) is 71.7 Å². The maximum absolute atomic E-state index is 12.8. The highest BCUT2D eigenvalue weighted by Crippen LogP contribution is 2.23. The maximum atomic E-state index is 12.8. The summed E-state index contributed by atoms with van der Waals surface area (Å²) in [6.07, 6.45) is 1.05. The van der Waals surface area contributed by atoms with E-state index in [1.54, 1.807) is 32.7 Å². The predicted octanol–water partition coefficient (Wildman–Crippen LogP) is 3.68. The number of ether oxygens (including phenoxy) is 1. The first kappa shape index (κ1) is 27.2. The number of rotatable bonds is 7. The number of hydrogen-bond acceptors (Lipinski definition) is 5. The number of hydrogen-bond donors (Lipinski definition) is 2. The molecule has 36 heavy (non-hydrogen) atoms. The molecule has 194 valence electrons. The molecule has 0 saturated carbocycles. The minimum Gasteiger partial charge on any atom is -0.444 e. The molecule has 0 radical (unpaired) electrons. The van der Waals surface area contributed by atoms with Crippen molar-refractivity contribution in [2.24, 2.45) is 5.92 Å². The quantitative estimate of drug-likeness (QED) is 0.611. The molecule has 1 aliphatic heterocycles. The van der Waals surface area contributed by atoms with Crippen LogP contribution >= 0.6 is 0 Å². The van der Waals surface area contributed by atoms with Crippen molar-refractivity contribution in [2.45, 2.75) is 45.8 Å². The Labute approximate surface area is 213 Å². The Morgan fingerprint density at radius 1 is 1.06 bits per heavy atom. The molecule has 0 bridgehead atoms. The Morgan fingerprint density at radius 2 is 1.72 bits per heavy atom. The predicted molar refractivity (Wildman–Crippen MR) is 138 cm³/mol. The molecule has 0 aromatic heterocycles. The molecule has 2 aromatic carbocycles. The third kappa shape index (κ3) is 7.81. The van der Waals surface area contributed by atoms with Crippen molar-refractivity contribution in [3.63, 3.8) is 0 Å². The van der Waals surface area contributed by atoms with Gasteiger partial charge in [0, 0.05) is 38.9 Å². The minimum absolute atomic E-state index is 0.0202. The van der Waals surface area contributed by atoms with Crippen LogP contribution in [0.2, 0.25) is 0 Å². The number of carbonyl (C=O) groups is 3. The highest BCUT2D eigenvalue weighted by molar-refractivity contribution is 5.94. The lowest BCUT2D eigenvalue weighted by Crippen LogP contribution is -2.40. The molecule has 3 amide bonds. The second kappa shape index (κ2) is 12.0. The number of alkyl carbamates (subject to hydrolysis) is 1. The number of aliphatic hydroxyl groups is 1. The van der Waals surface area contributed by atoms with Gasteiger partial charge in [-0.3, -0.25) is 9.59 Å². The fraction of sp³-hybridized carbons (Fsp3) is 0.464. The summed E-state index contributed by atoms with van der Waals surface area (Å²) >= 11 is 0. The second-order valence-electron chi connectivity index (χ2n) is 10.3. The Hall–Kier alpha value is -3.39.